The highest BCUT2D eigenvalue weighted by molar-refractivity contribution is 5.95. The van der Waals surface area contributed by atoms with Crippen LogP contribution in [0.15, 0.2) is 24.3 Å². The van der Waals surface area contributed by atoms with E-state index in [9.17, 15) is 4.79 Å². The Bertz CT molecular complexity index is 791. The number of amides is 1. The maximum Gasteiger partial charge on any atom is 0.251 e. The standard InChI is InChI=1S/C20H27N5O2/c1-24-20(25-10-3-2-4-11-25)22-18(23-24)15-7-5-8-16(13-15)19(26)21-14-17-9-6-12-27-17/h5,7-8,13,17H,2-4,6,9-12,14H2,1H3,(H,21,26)/t17-/m0/s1. The van der Waals surface area contributed by atoms with Crippen molar-refractivity contribution < 1.29 is 9.53 Å². The van der Waals surface area contributed by atoms with Crippen LogP contribution in [0.25, 0.3) is 11.4 Å². The zero-order chi connectivity index (χ0) is 18.6. The number of hydrogen-bond donors (Lipinski definition) is 1. The molecular formula is C20H27N5O2. The van der Waals surface area contributed by atoms with E-state index in [1.807, 2.05) is 36.0 Å². The van der Waals surface area contributed by atoms with E-state index in [4.69, 9.17) is 9.72 Å². The summed E-state index contributed by atoms with van der Waals surface area (Å²) in [6, 6.07) is 7.52. The first-order valence-corrected chi connectivity index (χ1v) is 9.87. The maximum atomic E-state index is 12.5. The van der Waals surface area contributed by atoms with Gasteiger partial charge in [0.2, 0.25) is 5.95 Å². The SMILES string of the molecule is Cn1nc(-c2cccc(C(=O)NC[C@@H]3CCCO3)c2)nc1N1CCCCC1. The van der Waals surface area contributed by atoms with E-state index in [-0.39, 0.29) is 12.0 Å². The van der Waals surface area contributed by atoms with Gasteiger partial charge in [-0.2, -0.15) is 4.98 Å². The van der Waals surface area contributed by atoms with Crippen LogP contribution in [0, 0.1) is 0 Å². The molecule has 1 atom stereocenters. The molecule has 2 aromatic rings. The van der Waals surface area contributed by atoms with Crippen LogP contribution in [0.3, 0.4) is 0 Å². The molecule has 0 radical (unpaired) electrons. The minimum Gasteiger partial charge on any atom is -0.376 e. The largest absolute Gasteiger partial charge is 0.376 e. The molecular weight excluding hydrogens is 342 g/mol. The molecule has 0 bridgehead atoms. The first kappa shape index (κ1) is 18.0. The Labute approximate surface area is 159 Å². The fourth-order valence-electron chi connectivity index (χ4n) is 3.78. The summed E-state index contributed by atoms with van der Waals surface area (Å²) in [5, 5.41) is 7.55. The van der Waals surface area contributed by atoms with Gasteiger partial charge in [0.05, 0.1) is 6.10 Å². The van der Waals surface area contributed by atoms with Crippen LogP contribution in [0.2, 0.25) is 0 Å². The predicted molar refractivity (Wildman–Crippen MR) is 104 cm³/mol. The first-order valence-electron chi connectivity index (χ1n) is 9.87. The predicted octanol–water partition coefficient (Wildman–Crippen LogP) is 2.38. The summed E-state index contributed by atoms with van der Waals surface area (Å²) >= 11 is 0. The minimum absolute atomic E-state index is 0.0838. The van der Waals surface area contributed by atoms with Gasteiger partial charge >= 0.3 is 0 Å². The summed E-state index contributed by atoms with van der Waals surface area (Å²) < 4.78 is 7.40. The van der Waals surface area contributed by atoms with Crippen molar-refractivity contribution in [1.29, 1.82) is 0 Å². The summed E-state index contributed by atoms with van der Waals surface area (Å²) in [6.07, 6.45) is 5.90. The molecule has 3 heterocycles. The number of rotatable bonds is 5. The van der Waals surface area contributed by atoms with Gasteiger partial charge in [-0.15, -0.1) is 5.10 Å². The number of anilines is 1. The van der Waals surface area contributed by atoms with Crippen LogP contribution < -0.4 is 10.2 Å². The van der Waals surface area contributed by atoms with Crippen LogP contribution in [0.1, 0.15) is 42.5 Å². The molecule has 0 saturated carbocycles. The van der Waals surface area contributed by atoms with Crippen molar-refractivity contribution in [3.63, 3.8) is 0 Å². The molecule has 0 aliphatic carbocycles. The fourth-order valence-corrected chi connectivity index (χ4v) is 3.78. The molecule has 2 aliphatic rings. The number of benzene rings is 1. The summed E-state index contributed by atoms with van der Waals surface area (Å²) in [4.78, 5) is 19.5. The van der Waals surface area contributed by atoms with Gasteiger partial charge in [-0.1, -0.05) is 12.1 Å². The second-order valence-corrected chi connectivity index (χ2v) is 7.33. The molecule has 144 valence electrons. The van der Waals surface area contributed by atoms with E-state index in [2.05, 4.69) is 15.3 Å². The molecule has 4 rings (SSSR count). The second-order valence-electron chi connectivity index (χ2n) is 7.33. The number of carbonyl (C=O) groups is 1. The van der Waals surface area contributed by atoms with E-state index in [1.165, 1.54) is 19.3 Å². The Morgan fingerprint density at radius 3 is 2.89 bits per heavy atom. The molecule has 27 heavy (non-hydrogen) atoms. The van der Waals surface area contributed by atoms with Crippen molar-refractivity contribution in [1.82, 2.24) is 20.1 Å². The highest BCUT2D eigenvalue weighted by atomic mass is 16.5. The molecule has 7 nitrogen and oxygen atoms in total. The Hall–Kier alpha value is -2.41. The third-order valence-electron chi connectivity index (χ3n) is 5.28. The van der Waals surface area contributed by atoms with Crippen LogP contribution in [-0.2, 0) is 11.8 Å². The molecule has 2 aliphatic heterocycles. The lowest BCUT2D eigenvalue weighted by atomic mass is 10.1. The van der Waals surface area contributed by atoms with Crippen LogP contribution >= 0.6 is 0 Å². The number of piperidine rings is 1. The third kappa shape index (κ3) is 4.13. The maximum absolute atomic E-state index is 12.5. The molecule has 0 unspecified atom stereocenters. The quantitative estimate of drug-likeness (QED) is 0.876. The average molecular weight is 369 g/mol. The van der Waals surface area contributed by atoms with E-state index >= 15 is 0 Å². The van der Waals surface area contributed by atoms with E-state index < -0.39 is 0 Å². The Morgan fingerprint density at radius 2 is 2.11 bits per heavy atom. The smallest absolute Gasteiger partial charge is 0.251 e. The Morgan fingerprint density at radius 1 is 1.26 bits per heavy atom. The van der Waals surface area contributed by atoms with Gasteiger partial charge in [-0.25, -0.2) is 4.68 Å². The molecule has 0 spiro atoms. The van der Waals surface area contributed by atoms with Gasteiger partial charge in [-0.3, -0.25) is 4.79 Å². The number of nitrogens with one attached hydrogen (secondary N) is 1. The summed E-state index contributed by atoms with van der Waals surface area (Å²) in [5.74, 6) is 1.48. The van der Waals surface area contributed by atoms with Gasteiger partial charge in [0.1, 0.15) is 0 Å². The van der Waals surface area contributed by atoms with Crippen LogP contribution in [0.5, 0.6) is 0 Å². The highest BCUT2D eigenvalue weighted by Crippen LogP contribution is 2.23. The van der Waals surface area contributed by atoms with E-state index in [0.29, 0.717) is 17.9 Å². The fraction of sp³-hybridized carbons (Fsp3) is 0.550. The normalized spacial score (nSPS) is 20.0. The van der Waals surface area contributed by atoms with Gasteiger partial charge in [0.25, 0.3) is 5.91 Å². The van der Waals surface area contributed by atoms with Crippen molar-refractivity contribution in [2.24, 2.45) is 7.05 Å². The van der Waals surface area contributed by atoms with Crippen molar-refractivity contribution in [2.45, 2.75) is 38.2 Å². The number of aryl methyl sites for hydroxylation is 1. The van der Waals surface area contributed by atoms with Gasteiger partial charge in [0, 0.05) is 44.4 Å². The number of carbonyl (C=O) groups excluding carboxylic acids is 1. The zero-order valence-corrected chi connectivity index (χ0v) is 15.9. The monoisotopic (exact) mass is 369 g/mol. The van der Waals surface area contributed by atoms with E-state index in [1.54, 1.807) is 0 Å². The van der Waals surface area contributed by atoms with Crippen molar-refractivity contribution in [3.8, 4) is 11.4 Å². The van der Waals surface area contributed by atoms with Crippen LogP contribution in [0.4, 0.5) is 5.95 Å². The molecule has 7 heteroatoms. The molecule has 1 N–H and O–H groups in total. The van der Waals surface area contributed by atoms with Crippen molar-refractivity contribution in [3.05, 3.63) is 29.8 Å². The van der Waals surface area contributed by atoms with Crippen molar-refractivity contribution in [2.75, 3.05) is 31.1 Å². The zero-order valence-electron chi connectivity index (χ0n) is 15.9. The summed E-state index contributed by atoms with van der Waals surface area (Å²) in [6.45, 7) is 3.40. The molecule has 1 aromatic carbocycles. The Kier molecular flexibility index (Phi) is 5.38. The molecule has 1 amide bonds. The number of ether oxygens (including phenoxy) is 1. The first-order chi connectivity index (χ1) is 13.2. The topological polar surface area (TPSA) is 72.3 Å². The second kappa shape index (κ2) is 8.08. The third-order valence-corrected chi connectivity index (χ3v) is 5.28. The van der Waals surface area contributed by atoms with Crippen LogP contribution in [-0.4, -0.2) is 53.0 Å². The summed E-state index contributed by atoms with van der Waals surface area (Å²) in [5.41, 5.74) is 1.48. The number of aromatic nitrogens is 3. The minimum atomic E-state index is -0.0838. The molecule has 2 fully saturated rings. The highest BCUT2D eigenvalue weighted by Gasteiger charge is 2.19. The molecule has 2 saturated heterocycles. The van der Waals surface area contributed by atoms with E-state index in [0.717, 1.165) is 44.0 Å². The Balaban J connectivity index is 1.47. The molecule has 1 aromatic heterocycles. The number of nitrogens with zero attached hydrogens (tertiary/aromatic N) is 4. The average Bonchev–Trinajstić information content (AvgIpc) is 3.36. The summed E-state index contributed by atoms with van der Waals surface area (Å²) in [7, 11) is 1.93. The number of hydrogen-bond acceptors (Lipinski definition) is 5. The van der Waals surface area contributed by atoms with Gasteiger partial charge < -0.3 is 15.0 Å². The lowest BCUT2D eigenvalue weighted by Crippen LogP contribution is -2.31. The lowest BCUT2D eigenvalue weighted by Gasteiger charge is -2.26. The lowest BCUT2D eigenvalue weighted by molar-refractivity contribution is 0.0858. The van der Waals surface area contributed by atoms with Gasteiger partial charge in [-0.05, 0) is 44.2 Å². The van der Waals surface area contributed by atoms with Crippen molar-refractivity contribution >= 4 is 11.9 Å². The van der Waals surface area contributed by atoms with Gasteiger partial charge in [0.15, 0.2) is 5.82 Å².